The molecule has 116 valence electrons. The first-order chi connectivity index (χ1) is 9.97. The summed E-state index contributed by atoms with van der Waals surface area (Å²) in [6.45, 7) is 6.91. The average Bonchev–Trinajstić information content (AvgIpc) is 2.43. The third-order valence-corrected chi connectivity index (χ3v) is 5.70. The maximum atomic E-state index is 11.7. The van der Waals surface area contributed by atoms with Crippen molar-refractivity contribution in [2.24, 2.45) is 0 Å². The monoisotopic (exact) mass is 307 g/mol. The van der Waals surface area contributed by atoms with Crippen LogP contribution in [-0.2, 0) is 4.79 Å². The molecule has 1 fully saturated rings. The number of hydrogen-bond acceptors (Lipinski definition) is 3. The summed E-state index contributed by atoms with van der Waals surface area (Å²) in [5, 5.41) is 13.2. The molecule has 4 heteroatoms. The summed E-state index contributed by atoms with van der Waals surface area (Å²) in [6.07, 6.45) is 3.51. The van der Waals surface area contributed by atoms with Crippen molar-refractivity contribution in [3.05, 3.63) is 29.3 Å². The lowest BCUT2D eigenvalue weighted by Crippen LogP contribution is -2.55. The number of thioether (sulfide) groups is 1. The summed E-state index contributed by atoms with van der Waals surface area (Å²) in [5.74, 6) is -0.699. The Balaban J connectivity index is 2.13. The summed E-state index contributed by atoms with van der Waals surface area (Å²) in [6, 6.07) is 6.49. The molecule has 1 aromatic rings. The topological polar surface area (TPSA) is 49.3 Å². The molecule has 0 aliphatic heterocycles. The van der Waals surface area contributed by atoms with Crippen molar-refractivity contribution in [3.8, 4) is 0 Å². The lowest BCUT2D eigenvalue weighted by atomic mass is 9.81. The number of carboxylic acid groups (broad SMARTS) is 1. The molecule has 0 heterocycles. The second-order valence-electron chi connectivity index (χ2n) is 6.02. The van der Waals surface area contributed by atoms with Crippen LogP contribution in [0.1, 0.15) is 43.7 Å². The van der Waals surface area contributed by atoms with Gasteiger partial charge in [0.25, 0.3) is 0 Å². The van der Waals surface area contributed by atoms with E-state index >= 15 is 0 Å². The Bertz CT molecular complexity index is 514. The molecule has 1 saturated carbocycles. The molecule has 3 nitrogen and oxygen atoms in total. The van der Waals surface area contributed by atoms with Crippen molar-refractivity contribution in [1.29, 1.82) is 0 Å². The van der Waals surface area contributed by atoms with Crippen molar-refractivity contribution < 1.29 is 9.90 Å². The lowest BCUT2D eigenvalue weighted by molar-refractivity contribution is -0.146. The number of nitrogens with one attached hydrogen (secondary N) is 1. The van der Waals surface area contributed by atoms with Crippen LogP contribution in [0.5, 0.6) is 0 Å². The summed E-state index contributed by atoms with van der Waals surface area (Å²) in [7, 11) is 0. The van der Waals surface area contributed by atoms with Gasteiger partial charge in [0.15, 0.2) is 0 Å². The predicted molar refractivity (Wildman–Crippen MR) is 88.1 cm³/mol. The molecule has 1 aliphatic carbocycles. The summed E-state index contributed by atoms with van der Waals surface area (Å²) < 4.78 is 0. The molecule has 0 amide bonds. The van der Waals surface area contributed by atoms with E-state index in [2.05, 4.69) is 37.4 Å². The molecular weight excluding hydrogens is 282 g/mol. The van der Waals surface area contributed by atoms with Crippen LogP contribution in [0.2, 0.25) is 0 Å². The molecule has 0 radical (unpaired) electrons. The largest absolute Gasteiger partial charge is 0.480 e. The zero-order chi connectivity index (χ0) is 15.5. The smallest absolute Gasteiger partial charge is 0.323 e. The Hall–Kier alpha value is -1.00. The second-order valence-corrected chi connectivity index (χ2v) is 7.36. The van der Waals surface area contributed by atoms with Crippen molar-refractivity contribution in [1.82, 2.24) is 5.32 Å². The number of benzene rings is 1. The van der Waals surface area contributed by atoms with E-state index in [1.807, 2.05) is 18.7 Å². The predicted octanol–water partition coefficient (Wildman–Crippen LogP) is 3.77. The number of carbonyl (C=O) groups is 1. The van der Waals surface area contributed by atoms with Gasteiger partial charge in [-0.1, -0.05) is 24.6 Å². The van der Waals surface area contributed by atoms with E-state index in [1.165, 1.54) is 16.0 Å². The van der Waals surface area contributed by atoms with E-state index in [1.54, 1.807) is 0 Å². The molecule has 2 unspecified atom stereocenters. The second kappa shape index (κ2) is 6.84. The van der Waals surface area contributed by atoms with Crippen molar-refractivity contribution in [2.45, 2.75) is 62.1 Å². The van der Waals surface area contributed by atoms with Crippen LogP contribution in [0.25, 0.3) is 0 Å². The van der Waals surface area contributed by atoms with Gasteiger partial charge in [-0.15, -0.1) is 11.8 Å². The van der Waals surface area contributed by atoms with Gasteiger partial charge in [-0.3, -0.25) is 4.79 Å². The quantitative estimate of drug-likeness (QED) is 0.869. The van der Waals surface area contributed by atoms with Crippen LogP contribution in [-0.4, -0.2) is 28.4 Å². The van der Waals surface area contributed by atoms with E-state index < -0.39 is 11.5 Å². The first kappa shape index (κ1) is 16.4. The van der Waals surface area contributed by atoms with E-state index in [-0.39, 0.29) is 0 Å². The van der Waals surface area contributed by atoms with Crippen molar-refractivity contribution in [3.63, 3.8) is 0 Å². The highest BCUT2D eigenvalue weighted by Gasteiger charge is 2.42. The van der Waals surface area contributed by atoms with Gasteiger partial charge in [0.1, 0.15) is 5.54 Å². The molecule has 0 bridgehead atoms. The average molecular weight is 307 g/mol. The minimum absolute atomic E-state index is 0.370. The fraction of sp³-hybridized carbons (Fsp3) is 0.588. The first-order valence-corrected chi connectivity index (χ1v) is 8.57. The highest BCUT2D eigenvalue weighted by molar-refractivity contribution is 8.00. The first-order valence-electron chi connectivity index (χ1n) is 7.69. The van der Waals surface area contributed by atoms with Gasteiger partial charge in [-0.25, -0.2) is 0 Å². The van der Waals surface area contributed by atoms with E-state index in [0.717, 1.165) is 19.3 Å². The number of likely N-dealkylation sites (N-methyl/N-ethyl adjacent to an activating group) is 1. The van der Waals surface area contributed by atoms with Crippen LogP contribution >= 0.6 is 11.8 Å². The molecule has 21 heavy (non-hydrogen) atoms. The van der Waals surface area contributed by atoms with Gasteiger partial charge in [-0.05, 0) is 57.7 Å². The molecular formula is C17H25NO2S. The minimum Gasteiger partial charge on any atom is -0.480 e. The molecule has 2 rings (SSSR count). The summed E-state index contributed by atoms with van der Waals surface area (Å²) in [5.41, 5.74) is 1.80. The Kier molecular flexibility index (Phi) is 5.33. The van der Waals surface area contributed by atoms with Crippen LogP contribution in [0, 0.1) is 13.8 Å². The Morgan fingerprint density at radius 1 is 1.48 bits per heavy atom. The molecule has 1 aromatic carbocycles. The highest BCUT2D eigenvalue weighted by Crippen LogP contribution is 2.39. The van der Waals surface area contributed by atoms with Crippen LogP contribution in [0.15, 0.2) is 23.1 Å². The number of carboxylic acids is 1. The SMILES string of the molecule is CCNC1(C(=O)O)CCCC(Sc2cc(C)ccc2C)C1. The van der Waals surface area contributed by atoms with Crippen molar-refractivity contribution in [2.75, 3.05) is 6.54 Å². The number of aliphatic carboxylic acids is 1. The van der Waals surface area contributed by atoms with E-state index in [0.29, 0.717) is 18.2 Å². The Morgan fingerprint density at radius 3 is 2.90 bits per heavy atom. The highest BCUT2D eigenvalue weighted by atomic mass is 32.2. The molecule has 0 aromatic heterocycles. The molecule has 2 N–H and O–H groups in total. The van der Waals surface area contributed by atoms with Crippen LogP contribution in [0.3, 0.4) is 0 Å². The van der Waals surface area contributed by atoms with Gasteiger partial charge in [-0.2, -0.15) is 0 Å². The van der Waals surface area contributed by atoms with Gasteiger partial charge >= 0.3 is 5.97 Å². The van der Waals surface area contributed by atoms with Crippen molar-refractivity contribution >= 4 is 17.7 Å². The van der Waals surface area contributed by atoms with E-state index in [4.69, 9.17) is 0 Å². The number of rotatable bonds is 5. The van der Waals surface area contributed by atoms with Crippen LogP contribution in [0.4, 0.5) is 0 Å². The number of hydrogen-bond donors (Lipinski definition) is 2. The van der Waals surface area contributed by atoms with Gasteiger partial charge in [0, 0.05) is 10.1 Å². The zero-order valence-electron chi connectivity index (χ0n) is 13.1. The van der Waals surface area contributed by atoms with Gasteiger partial charge < -0.3 is 10.4 Å². The zero-order valence-corrected chi connectivity index (χ0v) is 13.9. The molecule has 0 saturated heterocycles. The normalized spacial score (nSPS) is 25.8. The van der Waals surface area contributed by atoms with E-state index in [9.17, 15) is 9.90 Å². The standard InChI is InChI=1S/C17H25NO2S/c1-4-18-17(16(19)20)9-5-6-14(11-17)21-15-10-12(2)7-8-13(15)3/h7-8,10,14,18H,4-6,9,11H2,1-3H3,(H,19,20). The summed E-state index contributed by atoms with van der Waals surface area (Å²) in [4.78, 5) is 13.0. The molecule has 2 atom stereocenters. The van der Waals surface area contributed by atoms with Gasteiger partial charge in [0.05, 0.1) is 0 Å². The fourth-order valence-corrected chi connectivity index (χ4v) is 4.63. The Labute approximate surface area is 131 Å². The molecule has 1 aliphatic rings. The lowest BCUT2D eigenvalue weighted by Gasteiger charge is -2.38. The van der Waals surface area contributed by atoms with Gasteiger partial charge in [0.2, 0.25) is 0 Å². The maximum absolute atomic E-state index is 11.7. The number of aryl methyl sites for hydroxylation is 2. The van der Waals surface area contributed by atoms with Crippen LogP contribution < -0.4 is 5.32 Å². The molecule has 0 spiro atoms. The summed E-state index contributed by atoms with van der Waals surface area (Å²) >= 11 is 1.85. The Morgan fingerprint density at radius 2 is 2.24 bits per heavy atom. The third-order valence-electron chi connectivity index (χ3n) is 4.27. The third kappa shape index (κ3) is 3.80. The minimum atomic E-state index is -0.734. The fourth-order valence-electron chi connectivity index (χ4n) is 3.11. The maximum Gasteiger partial charge on any atom is 0.323 e.